The van der Waals surface area contributed by atoms with Crippen molar-refractivity contribution in [1.82, 2.24) is 10.0 Å². The van der Waals surface area contributed by atoms with E-state index < -0.39 is 10.0 Å². The van der Waals surface area contributed by atoms with E-state index in [0.717, 1.165) is 17.5 Å². The van der Waals surface area contributed by atoms with Crippen LogP contribution >= 0.6 is 0 Å². The highest BCUT2D eigenvalue weighted by molar-refractivity contribution is 7.89. The summed E-state index contributed by atoms with van der Waals surface area (Å²) >= 11 is 0. The van der Waals surface area contributed by atoms with Gasteiger partial charge in [0.15, 0.2) is 0 Å². The predicted octanol–water partition coefficient (Wildman–Crippen LogP) is 3.43. The summed E-state index contributed by atoms with van der Waals surface area (Å²) in [5.74, 6) is 0.466. The molecule has 27 heavy (non-hydrogen) atoms. The van der Waals surface area contributed by atoms with Gasteiger partial charge in [-0.1, -0.05) is 56.3 Å². The van der Waals surface area contributed by atoms with Crippen LogP contribution in [0.1, 0.15) is 43.9 Å². The van der Waals surface area contributed by atoms with Crippen molar-refractivity contribution in [3.63, 3.8) is 0 Å². The minimum atomic E-state index is -3.43. The van der Waals surface area contributed by atoms with Crippen molar-refractivity contribution in [3.8, 4) is 0 Å². The lowest BCUT2D eigenvalue weighted by molar-refractivity contribution is -0.121. The second-order valence-electron chi connectivity index (χ2n) is 7.01. The van der Waals surface area contributed by atoms with Gasteiger partial charge in [0.1, 0.15) is 0 Å². The Morgan fingerprint density at radius 2 is 1.63 bits per heavy atom. The number of hydrogen-bond acceptors (Lipinski definition) is 3. The molecule has 0 radical (unpaired) electrons. The number of hydrogen-bond donors (Lipinski definition) is 2. The molecule has 0 fully saturated rings. The monoisotopic (exact) mass is 388 g/mol. The van der Waals surface area contributed by atoms with Crippen LogP contribution in [0.2, 0.25) is 0 Å². The molecule has 6 heteroatoms. The fraction of sp³-hybridized carbons (Fsp3) is 0.381. The van der Waals surface area contributed by atoms with E-state index in [0.29, 0.717) is 18.8 Å². The largest absolute Gasteiger partial charge is 0.349 e. The maximum atomic E-state index is 12.4. The Balaban J connectivity index is 1.96. The molecule has 0 aliphatic rings. The minimum absolute atomic E-state index is 0.00171. The van der Waals surface area contributed by atoms with Gasteiger partial charge < -0.3 is 5.32 Å². The van der Waals surface area contributed by atoms with Crippen LogP contribution in [0.15, 0.2) is 59.5 Å². The van der Waals surface area contributed by atoms with E-state index >= 15 is 0 Å². The van der Waals surface area contributed by atoms with Crippen LogP contribution in [0.5, 0.6) is 0 Å². The second kappa shape index (κ2) is 9.67. The third kappa shape index (κ3) is 6.48. The van der Waals surface area contributed by atoms with Crippen molar-refractivity contribution in [2.45, 2.75) is 44.0 Å². The Morgan fingerprint density at radius 1 is 1.00 bits per heavy atom. The van der Waals surface area contributed by atoms with Gasteiger partial charge in [0.25, 0.3) is 0 Å². The molecule has 1 amide bonds. The summed E-state index contributed by atoms with van der Waals surface area (Å²) in [6.07, 6.45) is 1.81. The maximum Gasteiger partial charge on any atom is 0.240 e. The number of rotatable bonds is 9. The van der Waals surface area contributed by atoms with E-state index in [1.165, 1.54) is 7.05 Å². The highest BCUT2D eigenvalue weighted by atomic mass is 32.2. The van der Waals surface area contributed by atoms with Gasteiger partial charge in [-0.2, -0.15) is 0 Å². The van der Waals surface area contributed by atoms with Gasteiger partial charge in [0.2, 0.25) is 15.9 Å². The normalized spacial score (nSPS) is 12.7. The Kier molecular flexibility index (Phi) is 7.56. The van der Waals surface area contributed by atoms with Crippen molar-refractivity contribution in [2.75, 3.05) is 7.05 Å². The summed E-state index contributed by atoms with van der Waals surface area (Å²) in [5.41, 5.74) is 2.04. The molecule has 2 rings (SSSR count). The first-order valence-corrected chi connectivity index (χ1v) is 10.7. The second-order valence-corrected chi connectivity index (χ2v) is 8.90. The van der Waals surface area contributed by atoms with Crippen molar-refractivity contribution >= 4 is 15.9 Å². The third-order valence-corrected chi connectivity index (χ3v) is 5.82. The highest BCUT2D eigenvalue weighted by Crippen LogP contribution is 2.21. The highest BCUT2D eigenvalue weighted by Gasteiger charge is 2.16. The molecule has 0 aromatic heterocycles. The molecule has 1 unspecified atom stereocenters. The molecule has 0 aliphatic heterocycles. The lowest BCUT2D eigenvalue weighted by Crippen LogP contribution is -2.29. The van der Waals surface area contributed by atoms with E-state index in [2.05, 4.69) is 23.9 Å². The zero-order valence-electron chi connectivity index (χ0n) is 16.1. The van der Waals surface area contributed by atoms with Gasteiger partial charge in [-0.15, -0.1) is 0 Å². The summed E-state index contributed by atoms with van der Waals surface area (Å²) < 4.78 is 25.8. The van der Waals surface area contributed by atoms with Gasteiger partial charge in [-0.3, -0.25) is 4.79 Å². The summed E-state index contributed by atoms with van der Waals surface area (Å²) in [6.45, 7) is 4.28. The van der Waals surface area contributed by atoms with Gasteiger partial charge in [-0.25, -0.2) is 13.1 Å². The van der Waals surface area contributed by atoms with Crippen molar-refractivity contribution in [2.24, 2.45) is 5.92 Å². The first kappa shape index (κ1) is 21.1. The van der Waals surface area contributed by atoms with E-state index in [1.807, 2.05) is 30.3 Å². The quantitative estimate of drug-likeness (QED) is 0.691. The van der Waals surface area contributed by atoms with Gasteiger partial charge in [0, 0.05) is 6.42 Å². The molecule has 1 atom stereocenters. The number of carbonyl (C=O) groups is 1. The van der Waals surface area contributed by atoms with Crippen LogP contribution in [0.3, 0.4) is 0 Å². The van der Waals surface area contributed by atoms with Crippen LogP contribution in [0, 0.1) is 5.92 Å². The zero-order chi connectivity index (χ0) is 19.9. The molecule has 0 spiro atoms. The molecule has 5 nitrogen and oxygen atoms in total. The molecule has 2 N–H and O–H groups in total. The molecule has 2 aromatic rings. The fourth-order valence-corrected chi connectivity index (χ4v) is 3.64. The minimum Gasteiger partial charge on any atom is -0.349 e. The zero-order valence-corrected chi connectivity index (χ0v) is 16.9. The molecule has 2 aromatic carbocycles. The summed E-state index contributed by atoms with van der Waals surface area (Å²) in [4.78, 5) is 12.7. The first-order chi connectivity index (χ1) is 12.8. The van der Waals surface area contributed by atoms with Crippen molar-refractivity contribution in [1.29, 1.82) is 0 Å². The maximum absolute atomic E-state index is 12.4. The summed E-state index contributed by atoms with van der Waals surface area (Å²) in [5, 5.41) is 3.13. The van der Waals surface area contributed by atoms with Gasteiger partial charge in [-0.05, 0) is 49.1 Å². The van der Waals surface area contributed by atoms with Crippen molar-refractivity contribution in [3.05, 3.63) is 65.7 Å². The Labute approximate surface area is 162 Å². The van der Waals surface area contributed by atoms with E-state index in [1.54, 1.807) is 24.3 Å². The van der Waals surface area contributed by atoms with Crippen molar-refractivity contribution < 1.29 is 13.2 Å². The lowest BCUT2D eigenvalue weighted by atomic mass is 9.96. The number of nitrogens with one attached hydrogen (secondary N) is 2. The smallest absolute Gasteiger partial charge is 0.240 e. The molecule has 0 saturated carbocycles. The predicted molar refractivity (Wildman–Crippen MR) is 108 cm³/mol. The number of amides is 1. The Morgan fingerprint density at radius 3 is 2.19 bits per heavy atom. The number of benzene rings is 2. The number of aryl methyl sites for hydroxylation is 1. The molecule has 0 aliphatic carbocycles. The standard InChI is InChI=1S/C21H28N2O3S/c1-16(2)15-20(18-7-5-4-6-8-18)23-21(24)14-11-17-9-12-19(13-10-17)27(25,26)22-3/h4-10,12-13,16,20,22H,11,14-15H2,1-3H3,(H,23,24). The average Bonchev–Trinajstić information content (AvgIpc) is 2.66. The topological polar surface area (TPSA) is 75.3 Å². The Hall–Kier alpha value is -2.18. The van der Waals surface area contributed by atoms with E-state index in [-0.39, 0.29) is 16.8 Å². The van der Waals surface area contributed by atoms with Crippen LogP contribution < -0.4 is 10.0 Å². The van der Waals surface area contributed by atoms with Crippen LogP contribution in [0.4, 0.5) is 0 Å². The fourth-order valence-electron chi connectivity index (χ4n) is 2.91. The number of carbonyl (C=O) groups excluding carboxylic acids is 1. The van der Waals surface area contributed by atoms with Gasteiger partial charge in [0.05, 0.1) is 10.9 Å². The Bertz CT molecular complexity index is 831. The van der Waals surface area contributed by atoms with Crippen LogP contribution in [0.25, 0.3) is 0 Å². The summed E-state index contributed by atoms with van der Waals surface area (Å²) in [6, 6.07) is 16.6. The van der Waals surface area contributed by atoms with E-state index in [4.69, 9.17) is 0 Å². The molecule has 0 bridgehead atoms. The van der Waals surface area contributed by atoms with E-state index in [9.17, 15) is 13.2 Å². The molecule has 146 valence electrons. The lowest BCUT2D eigenvalue weighted by Gasteiger charge is -2.21. The SMILES string of the molecule is CNS(=O)(=O)c1ccc(CCC(=O)NC(CC(C)C)c2ccccc2)cc1. The van der Waals surface area contributed by atoms with Crippen LogP contribution in [-0.4, -0.2) is 21.4 Å². The van der Waals surface area contributed by atoms with Crippen LogP contribution in [-0.2, 0) is 21.2 Å². The number of sulfonamides is 1. The first-order valence-electron chi connectivity index (χ1n) is 9.18. The molecular weight excluding hydrogens is 360 g/mol. The molecule has 0 heterocycles. The van der Waals surface area contributed by atoms with Gasteiger partial charge >= 0.3 is 0 Å². The summed E-state index contributed by atoms with van der Waals surface area (Å²) in [7, 11) is -2.05. The molecular formula is C21H28N2O3S. The third-order valence-electron chi connectivity index (χ3n) is 4.39. The average molecular weight is 389 g/mol. The molecule has 0 saturated heterocycles.